The Hall–Kier alpha value is -3.63. The molecule has 0 heterocycles. The van der Waals surface area contributed by atoms with Crippen LogP contribution in [0.2, 0.25) is 0 Å². The van der Waals surface area contributed by atoms with Crippen molar-refractivity contribution in [2.45, 2.75) is 50.3 Å². The van der Waals surface area contributed by atoms with Gasteiger partial charge in [-0.05, 0) is 66.1 Å². The van der Waals surface area contributed by atoms with E-state index in [2.05, 4.69) is 66.8 Å². The molecule has 4 atom stereocenters. The number of nitrogens with one attached hydrogen (secondary N) is 1. The van der Waals surface area contributed by atoms with Gasteiger partial charge in [-0.2, -0.15) is 0 Å². The molecule has 1 aliphatic rings. The smallest absolute Gasteiger partial charge is 0.349 e. The molecule has 178 valence electrons. The van der Waals surface area contributed by atoms with Crippen LogP contribution < -0.4 is 10.1 Å². The van der Waals surface area contributed by atoms with Gasteiger partial charge in [-0.1, -0.05) is 84.9 Å². The molecule has 2 N–H and O–H groups in total. The number of carboxylic acids is 1. The van der Waals surface area contributed by atoms with E-state index in [1.54, 1.807) is 12.1 Å². The van der Waals surface area contributed by atoms with Crippen molar-refractivity contribution < 1.29 is 14.6 Å². The number of carbonyl (C=O) groups is 1. The van der Waals surface area contributed by atoms with Gasteiger partial charge in [0.2, 0.25) is 6.10 Å². The van der Waals surface area contributed by atoms with Crippen LogP contribution in [0.3, 0.4) is 0 Å². The minimum absolute atomic E-state index is 0.284. The highest BCUT2D eigenvalue weighted by atomic mass is 16.5. The lowest BCUT2D eigenvalue weighted by Crippen LogP contribution is -2.29. The molecule has 1 fully saturated rings. The fourth-order valence-electron chi connectivity index (χ4n) is 5.35. The molecule has 4 heteroatoms. The average Bonchev–Trinajstić information content (AvgIpc) is 3.36. The maximum Gasteiger partial charge on any atom is 0.349 e. The third kappa shape index (κ3) is 5.23. The Balaban J connectivity index is 1.21. The van der Waals surface area contributed by atoms with Crippen LogP contribution in [0.4, 0.5) is 0 Å². The average molecular weight is 466 g/mol. The van der Waals surface area contributed by atoms with Crippen molar-refractivity contribution in [3.8, 4) is 5.75 Å². The second-order valence-electron chi connectivity index (χ2n) is 9.48. The Bertz CT molecular complexity index is 1280. The monoisotopic (exact) mass is 465 g/mol. The fourth-order valence-corrected chi connectivity index (χ4v) is 5.35. The van der Waals surface area contributed by atoms with Crippen LogP contribution in [0.1, 0.15) is 60.9 Å². The molecule has 35 heavy (non-hydrogen) atoms. The maximum absolute atomic E-state index is 11.7. The van der Waals surface area contributed by atoms with Gasteiger partial charge in [-0.25, -0.2) is 4.79 Å². The van der Waals surface area contributed by atoms with Crippen LogP contribution in [-0.2, 0) is 4.79 Å². The number of hydrogen-bond acceptors (Lipinski definition) is 3. The van der Waals surface area contributed by atoms with Gasteiger partial charge in [0.15, 0.2) is 0 Å². The first-order valence-corrected chi connectivity index (χ1v) is 12.4. The highest BCUT2D eigenvalue weighted by molar-refractivity contribution is 5.86. The Morgan fingerprint density at radius 3 is 2.37 bits per heavy atom. The normalized spacial score (nSPS) is 19.3. The minimum atomic E-state index is -1.02. The van der Waals surface area contributed by atoms with Gasteiger partial charge in [-0.15, -0.1) is 0 Å². The molecule has 1 unspecified atom stereocenters. The molecular formula is C31H31NO3. The van der Waals surface area contributed by atoms with Gasteiger partial charge in [-0.3, -0.25) is 0 Å². The summed E-state index contributed by atoms with van der Waals surface area (Å²) in [6.07, 6.45) is 2.36. The molecule has 1 saturated carbocycles. The van der Waals surface area contributed by atoms with E-state index in [0.717, 1.165) is 19.3 Å². The summed E-state index contributed by atoms with van der Waals surface area (Å²) in [5.41, 5.74) is 3.26. The van der Waals surface area contributed by atoms with Crippen molar-refractivity contribution in [1.29, 1.82) is 0 Å². The first-order chi connectivity index (χ1) is 17.1. The van der Waals surface area contributed by atoms with Gasteiger partial charge >= 0.3 is 5.97 Å². The molecular weight excluding hydrogens is 434 g/mol. The molecule has 0 aromatic heterocycles. The first-order valence-electron chi connectivity index (χ1n) is 12.4. The van der Waals surface area contributed by atoms with Crippen LogP contribution in [-0.4, -0.2) is 17.1 Å². The van der Waals surface area contributed by atoms with E-state index >= 15 is 0 Å². The molecule has 0 bridgehead atoms. The highest BCUT2D eigenvalue weighted by Crippen LogP contribution is 2.37. The standard InChI is InChI=1S/C31H31NO3/c1-21(28-13-7-11-23-8-5-6-12-29(23)28)32-26-17-14-25(20-26)22-15-18-27(19-16-22)35-30(31(33)34)24-9-3-2-4-10-24/h2-13,15-16,18-19,21,25-26,30,32H,14,17,20H2,1H3,(H,33,34)/t21-,25-,26+,30?/m1/s1. The molecule has 0 amide bonds. The van der Waals surface area contributed by atoms with Gasteiger partial charge in [0.05, 0.1) is 0 Å². The van der Waals surface area contributed by atoms with Gasteiger partial charge in [0.25, 0.3) is 0 Å². The SMILES string of the molecule is C[C@@H](N[C@H]1CC[C@@H](c2ccc(OC(C(=O)O)c3ccccc3)cc2)C1)c1cccc2ccccc12. The largest absolute Gasteiger partial charge is 0.478 e. The number of benzene rings is 4. The summed E-state index contributed by atoms with van der Waals surface area (Å²) in [6, 6.07) is 32.9. The van der Waals surface area contributed by atoms with Gasteiger partial charge < -0.3 is 15.2 Å². The van der Waals surface area contributed by atoms with Crippen molar-refractivity contribution in [1.82, 2.24) is 5.32 Å². The molecule has 0 spiro atoms. The predicted octanol–water partition coefficient (Wildman–Crippen LogP) is 7.03. The second kappa shape index (κ2) is 10.3. The lowest BCUT2D eigenvalue weighted by atomic mass is 9.96. The van der Waals surface area contributed by atoms with E-state index in [-0.39, 0.29) is 6.04 Å². The van der Waals surface area contributed by atoms with Crippen LogP contribution in [0.25, 0.3) is 10.8 Å². The zero-order valence-corrected chi connectivity index (χ0v) is 19.9. The van der Waals surface area contributed by atoms with Crippen LogP contribution >= 0.6 is 0 Å². The van der Waals surface area contributed by atoms with Crippen molar-refractivity contribution >= 4 is 16.7 Å². The van der Waals surface area contributed by atoms with Crippen molar-refractivity contribution in [3.63, 3.8) is 0 Å². The number of ether oxygens (including phenoxy) is 1. The summed E-state index contributed by atoms with van der Waals surface area (Å²) in [5, 5.41) is 16.1. The Morgan fingerprint density at radius 2 is 1.60 bits per heavy atom. The Kier molecular flexibility index (Phi) is 6.82. The zero-order chi connectivity index (χ0) is 24.2. The molecule has 1 aliphatic carbocycles. The second-order valence-corrected chi connectivity index (χ2v) is 9.48. The fraction of sp³-hybridized carbons (Fsp3) is 0.258. The first kappa shape index (κ1) is 23.1. The van der Waals surface area contributed by atoms with E-state index in [0.29, 0.717) is 23.3 Å². The lowest BCUT2D eigenvalue weighted by Gasteiger charge is -2.22. The van der Waals surface area contributed by atoms with E-state index in [1.807, 2.05) is 30.3 Å². The summed E-state index contributed by atoms with van der Waals surface area (Å²) >= 11 is 0. The van der Waals surface area contributed by atoms with Gasteiger partial charge in [0.1, 0.15) is 5.75 Å². The number of rotatable bonds is 8. The number of fused-ring (bicyclic) bond motifs is 1. The quantitative estimate of drug-likeness (QED) is 0.293. The summed E-state index contributed by atoms with van der Waals surface area (Å²) in [6.45, 7) is 2.26. The van der Waals surface area contributed by atoms with Crippen LogP contribution in [0, 0.1) is 0 Å². The summed E-state index contributed by atoms with van der Waals surface area (Å²) < 4.78 is 5.83. The molecule has 4 aromatic carbocycles. The topological polar surface area (TPSA) is 58.6 Å². The summed E-state index contributed by atoms with van der Waals surface area (Å²) in [4.78, 5) is 11.7. The van der Waals surface area contributed by atoms with Crippen molar-refractivity contribution in [2.24, 2.45) is 0 Å². The zero-order valence-electron chi connectivity index (χ0n) is 19.9. The van der Waals surface area contributed by atoms with Crippen LogP contribution in [0.5, 0.6) is 5.75 Å². The Labute approximate surface area is 206 Å². The highest BCUT2D eigenvalue weighted by Gasteiger charge is 2.28. The number of aliphatic carboxylic acids is 1. The van der Waals surface area contributed by atoms with Crippen LogP contribution in [0.15, 0.2) is 97.1 Å². The van der Waals surface area contributed by atoms with Gasteiger partial charge in [0, 0.05) is 17.6 Å². The third-order valence-electron chi connectivity index (χ3n) is 7.14. The van der Waals surface area contributed by atoms with E-state index in [9.17, 15) is 9.90 Å². The third-order valence-corrected chi connectivity index (χ3v) is 7.14. The summed E-state index contributed by atoms with van der Waals surface area (Å²) in [7, 11) is 0. The molecule has 4 aromatic rings. The van der Waals surface area contributed by atoms with E-state index in [1.165, 1.54) is 21.9 Å². The Morgan fingerprint density at radius 1 is 0.886 bits per heavy atom. The predicted molar refractivity (Wildman–Crippen MR) is 140 cm³/mol. The molecule has 0 radical (unpaired) electrons. The van der Waals surface area contributed by atoms with Crippen molar-refractivity contribution in [2.75, 3.05) is 0 Å². The van der Waals surface area contributed by atoms with Crippen molar-refractivity contribution in [3.05, 3.63) is 114 Å². The molecule has 0 saturated heterocycles. The maximum atomic E-state index is 11.7. The molecule has 5 rings (SSSR count). The van der Waals surface area contributed by atoms with E-state index < -0.39 is 12.1 Å². The minimum Gasteiger partial charge on any atom is -0.478 e. The van der Waals surface area contributed by atoms with E-state index in [4.69, 9.17) is 4.74 Å². The molecule has 0 aliphatic heterocycles. The summed E-state index contributed by atoms with van der Waals surface area (Å²) in [5.74, 6) is 0.0678. The number of hydrogen-bond donors (Lipinski definition) is 2. The molecule has 4 nitrogen and oxygen atoms in total. The lowest BCUT2D eigenvalue weighted by molar-refractivity contribution is -0.145. The number of carboxylic acid groups (broad SMARTS) is 1.